The maximum atomic E-state index is 2.47. The van der Waals surface area contributed by atoms with Gasteiger partial charge < -0.3 is 0 Å². The molecule has 4 heteroatoms. The number of aryl methyl sites for hydroxylation is 7. The Morgan fingerprint density at radius 2 is 0.575 bits per heavy atom. The average molecular weight is 1560 g/mol. The standard InChI is InChI=1S/C31H30N.C29H26N.C28H24N.C27H22N.CH4/c1-19-25(28-15-20(13-14-32(28)5)18-31(2,3)4)17-27-23-11-7-6-10-22(23)24-12-8-9-21-16-26(19)30(27)29(21)24;1-17(2)19-12-13-30(4)27(15-19)24-16-26-22-10-6-5-9-21(22)23-11-7-8-20-14-25(18(24)3)29(26)28(20)23;1-16-12-26(29(4)15-17(16)2)23-14-25-21-10-6-5-9-20(21)22-11-7-8-19-13-24(18(23)3)28(25)27(19)22;1-16-11-12-28(3)25(13-16)22-15-24-20-9-5-4-8-19(20)21-10-6-7-18-14-23(17(22)2)27(24)26(18)21;/h6-15,17H,16,18H2,1-5H3;5-13,15-17H,14H2,1-4H3;5-12,14-15H,13H2,1-4H3;4-13,15H,14H2,1-3H3;1H4/q4*+1;. The van der Waals surface area contributed by atoms with Crippen molar-refractivity contribution in [3.8, 4) is 45.0 Å². The third-order valence-electron chi connectivity index (χ3n) is 27.9. The quantitative estimate of drug-likeness (QED) is 0.116. The van der Waals surface area contributed by atoms with Crippen LogP contribution >= 0.6 is 0 Å². The third kappa shape index (κ3) is 11.8. The predicted octanol–water partition coefficient (Wildman–Crippen LogP) is 27.7. The first-order valence-corrected chi connectivity index (χ1v) is 43.0. The van der Waals surface area contributed by atoms with Crippen LogP contribution in [0.25, 0.3) is 174 Å². The minimum absolute atomic E-state index is 0. The fraction of sp³-hybridized carbons (Fsp3) is 0.207. The van der Waals surface area contributed by atoms with Crippen LogP contribution in [0, 0.1) is 53.9 Å². The molecular weight excluding hydrogens is 1450 g/mol. The Morgan fingerprint density at radius 3 is 0.908 bits per heavy atom. The molecule has 4 heterocycles. The fourth-order valence-electron chi connectivity index (χ4n) is 21.8. The van der Waals surface area contributed by atoms with E-state index < -0.39 is 0 Å². The van der Waals surface area contributed by atoms with Crippen molar-refractivity contribution in [2.75, 3.05) is 0 Å². The maximum absolute atomic E-state index is 2.47. The van der Waals surface area contributed by atoms with Crippen molar-refractivity contribution in [2.24, 2.45) is 33.6 Å². The van der Waals surface area contributed by atoms with Crippen LogP contribution in [0.15, 0.2) is 261 Å². The highest BCUT2D eigenvalue weighted by Gasteiger charge is 2.32. The van der Waals surface area contributed by atoms with Gasteiger partial charge in [0.15, 0.2) is 24.8 Å². The lowest BCUT2D eigenvalue weighted by atomic mass is 9.87. The van der Waals surface area contributed by atoms with Gasteiger partial charge in [-0.2, -0.15) is 0 Å². The van der Waals surface area contributed by atoms with E-state index >= 15 is 0 Å². The highest BCUT2D eigenvalue weighted by molar-refractivity contribution is 6.33. The topological polar surface area (TPSA) is 15.5 Å². The first kappa shape index (κ1) is 76.0. The Labute approximate surface area is 705 Å². The molecule has 0 aliphatic heterocycles. The highest BCUT2D eigenvalue weighted by Crippen LogP contribution is 2.52. The highest BCUT2D eigenvalue weighted by atomic mass is 14.9. The first-order valence-electron chi connectivity index (χ1n) is 43.0. The first-order chi connectivity index (χ1) is 57.5. The van der Waals surface area contributed by atoms with Gasteiger partial charge in [-0.15, -0.1) is 0 Å². The maximum Gasteiger partial charge on any atom is 0.212 e. The number of fused-ring (bicyclic) bond motifs is 12. The van der Waals surface area contributed by atoms with Gasteiger partial charge in [-0.1, -0.05) is 212 Å². The molecule has 4 aromatic heterocycles. The predicted molar refractivity (Wildman–Crippen MR) is 511 cm³/mol. The van der Waals surface area contributed by atoms with E-state index in [-0.39, 0.29) is 12.8 Å². The SMILES string of the molecule is C.Cc1c(-c2cc(C(C)C)cc[n+]2C)cc2c3ccccc3c3cccc4c3c2c1C4.Cc1c(-c2cc(CC(C)(C)C)cc[n+]2C)cc2c3ccccc3c3cccc4c3c2c1C4.Cc1cc(-c2cc3c4ccccc4c4cccc5c4c3c(c2C)C5)[n+](C)cc1C.Cc1cc[n+](C)c(-c2cc3c4ccccc4c4cccc5c4c3c(c2C)C5)c1. The zero-order valence-corrected chi connectivity index (χ0v) is 71.7. The van der Waals surface area contributed by atoms with Gasteiger partial charge in [-0.25, -0.2) is 18.3 Å². The van der Waals surface area contributed by atoms with E-state index in [1.54, 1.807) is 0 Å². The molecule has 0 spiro atoms. The molecule has 120 heavy (non-hydrogen) atoms. The molecule has 4 aliphatic carbocycles. The van der Waals surface area contributed by atoms with Gasteiger partial charge >= 0.3 is 0 Å². The van der Waals surface area contributed by atoms with E-state index in [9.17, 15) is 0 Å². The third-order valence-corrected chi connectivity index (χ3v) is 27.9. The Morgan fingerprint density at radius 1 is 0.283 bits per heavy atom. The normalized spacial score (nSPS) is 12.7. The van der Waals surface area contributed by atoms with Crippen molar-refractivity contribution in [1.82, 2.24) is 0 Å². The summed E-state index contributed by atoms with van der Waals surface area (Å²) in [5.74, 6) is 0.519. The number of benzene rings is 16. The molecule has 16 aromatic carbocycles. The van der Waals surface area contributed by atoms with Crippen molar-refractivity contribution in [1.29, 1.82) is 0 Å². The van der Waals surface area contributed by atoms with Gasteiger partial charge in [0.1, 0.15) is 28.2 Å². The molecule has 4 aliphatic rings. The molecule has 0 unspecified atom stereocenters. The van der Waals surface area contributed by atoms with Crippen LogP contribution < -0.4 is 18.3 Å². The number of aromatic nitrogens is 4. The van der Waals surface area contributed by atoms with E-state index in [0.717, 1.165) is 32.1 Å². The van der Waals surface area contributed by atoms with Gasteiger partial charge in [-0.3, -0.25) is 0 Å². The van der Waals surface area contributed by atoms with E-state index in [1.807, 2.05) is 0 Å². The van der Waals surface area contributed by atoms with E-state index in [1.165, 1.54) is 269 Å². The van der Waals surface area contributed by atoms with Crippen LogP contribution in [0.4, 0.5) is 0 Å². The van der Waals surface area contributed by atoms with E-state index in [0.29, 0.717) is 5.92 Å². The Hall–Kier alpha value is -12.8. The summed E-state index contributed by atoms with van der Waals surface area (Å²) in [6, 6.07) is 88.9. The van der Waals surface area contributed by atoms with Crippen molar-refractivity contribution in [3.05, 3.63) is 356 Å². The smallest absolute Gasteiger partial charge is 0.201 e. The Balaban J connectivity index is 0.000000102. The minimum Gasteiger partial charge on any atom is -0.201 e. The second-order valence-corrected chi connectivity index (χ2v) is 36.8. The van der Waals surface area contributed by atoms with E-state index in [2.05, 4.69) is 391 Å². The van der Waals surface area contributed by atoms with E-state index in [4.69, 9.17) is 0 Å². The summed E-state index contributed by atoms with van der Waals surface area (Å²) in [6.45, 7) is 27.3. The lowest BCUT2D eigenvalue weighted by Crippen LogP contribution is -2.31. The molecule has 0 N–H and O–H groups in total. The molecule has 0 saturated heterocycles. The van der Waals surface area contributed by atoms with Crippen LogP contribution in [-0.4, -0.2) is 0 Å². The molecule has 0 radical (unpaired) electrons. The van der Waals surface area contributed by atoms with Crippen LogP contribution in [0.5, 0.6) is 0 Å². The molecule has 586 valence electrons. The van der Waals surface area contributed by atoms with Crippen molar-refractivity contribution in [2.45, 2.75) is 129 Å². The number of hydrogen-bond donors (Lipinski definition) is 0. The molecule has 0 saturated carbocycles. The minimum atomic E-state index is 0. The summed E-state index contributed by atoms with van der Waals surface area (Å²) in [6.07, 6.45) is 14.1. The Kier molecular flexibility index (Phi) is 18.0. The lowest BCUT2D eigenvalue weighted by Gasteiger charge is -2.18. The number of hydrogen-bond acceptors (Lipinski definition) is 0. The van der Waals surface area contributed by atoms with Crippen LogP contribution in [0.3, 0.4) is 0 Å². The summed E-state index contributed by atoms with van der Waals surface area (Å²) >= 11 is 0. The molecule has 24 rings (SSSR count). The van der Waals surface area contributed by atoms with Crippen LogP contribution in [0.2, 0.25) is 0 Å². The molecule has 0 bridgehead atoms. The van der Waals surface area contributed by atoms with Crippen molar-refractivity contribution >= 4 is 129 Å². The lowest BCUT2D eigenvalue weighted by molar-refractivity contribution is -0.660. The number of pyridine rings is 4. The van der Waals surface area contributed by atoms with Gasteiger partial charge in [0.2, 0.25) is 22.8 Å². The number of nitrogens with zero attached hydrogens (tertiary/aromatic N) is 4. The molecule has 0 atom stereocenters. The summed E-state index contributed by atoms with van der Waals surface area (Å²) in [7, 11) is 8.65. The molecule has 20 aromatic rings. The zero-order valence-electron chi connectivity index (χ0n) is 71.7. The summed E-state index contributed by atoms with van der Waals surface area (Å²) < 4.78 is 9.09. The molecule has 4 nitrogen and oxygen atoms in total. The number of rotatable bonds is 6. The average Bonchev–Trinajstić information content (AvgIpc) is 1.54. The van der Waals surface area contributed by atoms with Crippen LogP contribution in [0.1, 0.15) is 143 Å². The summed E-state index contributed by atoms with van der Waals surface area (Å²) in [5.41, 5.74) is 35.3. The van der Waals surface area contributed by atoms with Gasteiger partial charge in [0, 0.05) is 70.3 Å². The monoisotopic (exact) mass is 1550 g/mol. The summed E-state index contributed by atoms with van der Waals surface area (Å²) in [4.78, 5) is 0. The fourth-order valence-corrected chi connectivity index (χ4v) is 21.8. The largest absolute Gasteiger partial charge is 0.212 e. The molecular formula is C116H106N4+4. The van der Waals surface area contributed by atoms with Gasteiger partial charge in [0.25, 0.3) is 0 Å². The molecule has 0 fully saturated rings. The molecule has 0 amide bonds. The zero-order chi connectivity index (χ0) is 81.6. The van der Waals surface area contributed by atoms with Gasteiger partial charge in [0.05, 0.1) is 0 Å². The van der Waals surface area contributed by atoms with Gasteiger partial charge in [-0.05, 0) is 334 Å². The Bertz CT molecular complexity index is 7890. The second-order valence-electron chi connectivity index (χ2n) is 36.8. The second kappa shape index (κ2) is 28.5. The van der Waals surface area contributed by atoms with Crippen molar-refractivity contribution < 1.29 is 18.3 Å². The van der Waals surface area contributed by atoms with Crippen molar-refractivity contribution in [3.63, 3.8) is 0 Å². The summed E-state index contributed by atoms with van der Waals surface area (Å²) in [5, 5.41) is 33.9. The van der Waals surface area contributed by atoms with Crippen LogP contribution in [-0.2, 0) is 60.3 Å².